The summed E-state index contributed by atoms with van der Waals surface area (Å²) in [5.74, 6) is -0.175. The third-order valence-corrected chi connectivity index (χ3v) is 6.57. The Bertz CT molecular complexity index is 1090. The highest BCUT2D eigenvalue weighted by molar-refractivity contribution is 7.92. The summed E-state index contributed by atoms with van der Waals surface area (Å²) in [5.41, 5.74) is 1.02. The molecule has 0 aliphatic carbocycles. The summed E-state index contributed by atoms with van der Waals surface area (Å²) >= 11 is 6.06. The molecule has 2 rings (SSSR count). The van der Waals surface area contributed by atoms with Crippen LogP contribution in [0.5, 0.6) is 5.75 Å². The Balaban J connectivity index is 2.43. The van der Waals surface area contributed by atoms with Crippen molar-refractivity contribution in [2.75, 3.05) is 30.8 Å². The van der Waals surface area contributed by atoms with Gasteiger partial charge in [0.25, 0.3) is 0 Å². The second kappa shape index (κ2) is 12.6. The highest BCUT2D eigenvalue weighted by Crippen LogP contribution is 2.23. The molecule has 2 aromatic carbocycles. The zero-order valence-corrected chi connectivity index (χ0v) is 21.5. The molecule has 0 saturated carbocycles. The Morgan fingerprint density at radius 3 is 2.41 bits per heavy atom. The fourth-order valence-electron chi connectivity index (χ4n) is 3.50. The predicted octanol–water partition coefficient (Wildman–Crippen LogP) is 3.45. The zero-order chi connectivity index (χ0) is 25.3. The highest BCUT2D eigenvalue weighted by Gasteiger charge is 2.31. The summed E-state index contributed by atoms with van der Waals surface area (Å²) in [4.78, 5) is 27.9. The first kappa shape index (κ1) is 27.5. The van der Waals surface area contributed by atoms with Crippen molar-refractivity contribution in [2.45, 2.75) is 39.3 Å². The monoisotopic (exact) mass is 509 g/mol. The minimum Gasteiger partial charge on any atom is -0.497 e. The maximum Gasteiger partial charge on any atom is 0.244 e. The molecule has 0 heterocycles. The SMILES string of the molecule is CCCNC(=O)[C@H](CC)N(Cc1cccc(OC)c1)C(=O)CN(c1cccc(Cl)c1)S(C)(=O)=O. The Morgan fingerprint density at radius 1 is 1.12 bits per heavy atom. The van der Waals surface area contributed by atoms with Crippen molar-refractivity contribution >= 4 is 39.1 Å². The first-order chi connectivity index (χ1) is 16.1. The maximum absolute atomic E-state index is 13.6. The van der Waals surface area contributed by atoms with Crippen LogP contribution in [0.2, 0.25) is 5.02 Å². The van der Waals surface area contributed by atoms with Gasteiger partial charge in [-0.15, -0.1) is 0 Å². The van der Waals surface area contributed by atoms with Crippen molar-refractivity contribution in [3.05, 3.63) is 59.1 Å². The van der Waals surface area contributed by atoms with Crippen LogP contribution in [-0.2, 0) is 26.2 Å². The van der Waals surface area contributed by atoms with Gasteiger partial charge in [0.15, 0.2) is 0 Å². The molecular formula is C24H32ClN3O5S. The Morgan fingerprint density at radius 2 is 1.82 bits per heavy atom. The lowest BCUT2D eigenvalue weighted by molar-refractivity contribution is -0.140. The number of nitrogens with one attached hydrogen (secondary N) is 1. The first-order valence-electron chi connectivity index (χ1n) is 11.0. The Hall–Kier alpha value is -2.78. The second-order valence-corrected chi connectivity index (χ2v) is 10.2. The van der Waals surface area contributed by atoms with Crippen LogP contribution in [0, 0.1) is 0 Å². The number of hydrogen-bond donors (Lipinski definition) is 1. The Labute approximate surface area is 206 Å². The van der Waals surface area contributed by atoms with Crippen molar-refractivity contribution in [1.29, 1.82) is 0 Å². The van der Waals surface area contributed by atoms with E-state index in [1.165, 1.54) is 11.0 Å². The van der Waals surface area contributed by atoms with Gasteiger partial charge in [-0.2, -0.15) is 0 Å². The average Bonchev–Trinajstić information content (AvgIpc) is 2.80. The minimum atomic E-state index is -3.81. The molecular weight excluding hydrogens is 478 g/mol. The van der Waals surface area contributed by atoms with E-state index < -0.39 is 28.5 Å². The molecule has 1 atom stereocenters. The third kappa shape index (κ3) is 7.63. The van der Waals surface area contributed by atoms with Gasteiger partial charge < -0.3 is 15.0 Å². The van der Waals surface area contributed by atoms with Gasteiger partial charge in [0.1, 0.15) is 18.3 Å². The molecule has 0 spiro atoms. The molecule has 0 fully saturated rings. The summed E-state index contributed by atoms with van der Waals surface area (Å²) < 4.78 is 31.4. The lowest BCUT2D eigenvalue weighted by atomic mass is 10.1. The number of carbonyl (C=O) groups excluding carboxylic acids is 2. The van der Waals surface area contributed by atoms with E-state index in [9.17, 15) is 18.0 Å². The average molecular weight is 510 g/mol. The number of carbonyl (C=O) groups is 2. The molecule has 8 nitrogen and oxygen atoms in total. The number of nitrogens with zero attached hydrogens (tertiary/aromatic N) is 2. The van der Waals surface area contributed by atoms with Gasteiger partial charge in [-0.1, -0.05) is 43.6 Å². The predicted molar refractivity (Wildman–Crippen MR) is 135 cm³/mol. The highest BCUT2D eigenvalue weighted by atomic mass is 35.5. The maximum atomic E-state index is 13.6. The molecule has 0 aliphatic heterocycles. The van der Waals surface area contributed by atoms with Gasteiger partial charge >= 0.3 is 0 Å². The minimum absolute atomic E-state index is 0.112. The lowest BCUT2D eigenvalue weighted by Gasteiger charge is -2.33. The largest absolute Gasteiger partial charge is 0.497 e. The number of halogens is 1. The number of hydrogen-bond acceptors (Lipinski definition) is 5. The second-order valence-electron chi connectivity index (χ2n) is 7.84. The summed E-state index contributed by atoms with van der Waals surface area (Å²) in [7, 11) is -2.26. The van der Waals surface area contributed by atoms with Crippen LogP contribution in [0.3, 0.4) is 0 Å². The van der Waals surface area contributed by atoms with Gasteiger partial charge in [0, 0.05) is 18.1 Å². The Kier molecular flexibility index (Phi) is 10.2. The van der Waals surface area contributed by atoms with Crippen LogP contribution in [0.25, 0.3) is 0 Å². The summed E-state index contributed by atoms with van der Waals surface area (Å²) in [5, 5.41) is 3.19. The van der Waals surface area contributed by atoms with Crippen molar-refractivity contribution in [2.24, 2.45) is 0 Å². The molecule has 0 aromatic heterocycles. The number of rotatable bonds is 12. The molecule has 0 aliphatic rings. The molecule has 2 amide bonds. The van der Waals surface area contributed by atoms with Gasteiger partial charge in [-0.25, -0.2) is 8.42 Å². The smallest absolute Gasteiger partial charge is 0.244 e. The van der Waals surface area contributed by atoms with Crippen molar-refractivity contribution < 1.29 is 22.7 Å². The number of sulfonamides is 1. The molecule has 0 bridgehead atoms. The number of ether oxygens (including phenoxy) is 1. The first-order valence-corrected chi connectivity index (χ1v) is 13.3. The van der Waals surface area contributed by atoms with E-state index in [0.29, 0.717) is 23.7 Å². The molecule has 2 aromatic rings. The van der Waals surface area contributed by atoms with Crippen LogP contribution in [0.1, 0.15) is 32.3 Å². The van der Waals surface area contributed by atoms with Crippen LogP contribution >= 0.6 is 11.6 Å². The molecule has 0 radical (unpaired) electrons. The number of benzene rings is 2. The van der Waals surface area contributed by atoms with E-state index in [2.05, 4.69) is 5.32 Å². The quantitative estimate of drug-likeness (QED) is 0.472. The fraction of sp³-hybridized carbons (Fsp3) is 0.417. The molecule has 10 heteroatoms. The van der Waals surface area contributed by atoms with Crippen molar-refractivity contribution in [3.63, 3.8) is 0 Å². The van der Waals surface area contributed by atoms with E-state index in [4.69, 9.17) is 16.3 Å². The van der Waals surface area contributed by atoms with E-state index >= 15 is 0 Å². The standard InChI is InChI=1S/C24H32ClN3O5S/c1-5-13-26-24(30)22(6-2)27(16-18-9-7-12-21(14-18)33-3)23(29)17-28(34(4,31)32)20-11-8-10-19(25)15-20/h7-12,14-15,22H,5-6,13,16-17H2,1-4H3,(H,26,30)/t22-/m0/s1. The van der Waals surface area contributed by atoms with E-state index in [1.807, 2.05) is 19.9 Å². The van der Waals surface area contributed by atoms with Gasteiger partial charge in [0.2, 0.25) is 21.8 Å². The lowest BCUT2D eigenvalue weighted by Crippen LogP contribution is -2.52. The normalized spacial score (nSPS) is 12.0. The molecule has 186 valence electrons. The van der Waals surface area contributed by atoms with Gasteiger partial charge in [-0.05, 0) is 48.7 Å². The van der Waals surface area contributed by atoms with E-state index in [-0.39, 0.29) is 18.1 Å². The molecule has 1 N–H and O–H groups in total. The van der Waals surface area contributed by atoms with Crippen LogP contribution in [0.4, 0.5) is 5.69 Å². The number of amides is 2. The van der Waals surface area contributed by atoms with Crippen LogP contribution in [-0.4, -0.2) is 57.6 Å². The van der Waals surface area contributed by atoms with E-state index in [0.717, 1.165) is 22.5 Å². The van der Waals surface area contributed by atoms with Gasteiger partial charge in [0.05, 0.1) is 19.1 Å². The molecule has 34 heavy (non-hydrogen) atoms. The van der Waals surface area contributed by atoms with E-state index in [1.54, 1.807) is 43.5 Å². The van der Waals surface area contributed by atoms with Crippen molar-refractivity contribution in [3.8, 4) is 5.75 Å². The summed E-state index contributed by atoms with van der Waals surface area (Å²) in [6, 6.07) is 12.7. The van der Waals surface area contributed by atoms with Crippen molar-refractivity contribution in [1.82, 2.24) is 10.2 Å². The number of anilines is 1. The third-order valence-electron chi connectivity index (χ3n) is 5.20. The summed E-state index contributed by atoms with van der Waals surface area (Å²) in [6.45, 7) is 3.87. The zero-order valence-electron chi connectivity index (χ0n) is 20.0. The van der Waals surface area contributed by atoms with Crippen LogP contribution < -0.4 is 14.4 Å². The number of methoxy groups -OCH3 is 1. The van der Waals surface area contributed by atoms with Gasteiger partial charge in [-0.3, -0.25) is 13.9 Å². The molecule has 0 saturated heterocycles. The van der Waals surface area contributed by atoms with Crippen LogP contribution in [0.15, 0.2) is 48.5 Å². The fourth-order valence-corrected chi connectivity index (χ4v) is 4.52. The topological polar surface area (TPSA) is 96.0 Å². The molecule has 0 unspecified atom stereocenters. The summed E-state index contributed by atoms with van der Waals surface area (Å²) in [6.07, 6.45) is 2.14.